The van der Waals surface area contributed by atoms with Crippen molar-refractivity contribution in [2.24, 2.45) is 5.92 Å². The third-order valence-corrected chi connectivity index (χ3v) is 6.45. The van der Waals surface area contributed by atoms with Gasteiger partial charge in [0.05, 0.1) is 13.0 Å². The van der Waals surface area contributed by atoms with Crippen LogP contribution < -0.4 is 10.1 Å². The van der Waals surface area contributed by atoms with E-state index in [-0.39, 0.29) is 29.0 Å². The Morgan fingerprint density at radius 1 is 1.44 bits per heavy atom. The van der Waals surface area contributed by atoms with Gasteiger partial charge in [-0.2, -0.15) is 4.31 Å². The Morgan fingerprint density at radius 2 is 2.20 bits per heavy atom. The van der Waals surface area contributed by atoms with Gasteiger partial charge in [-0.05, 0) is 37.5 Å². The van der Waals surface area contributed by atoms with E-state index < -0.39 is 10.0 Å². The lowest BCUT2D eigenvalue weighted by Gasteiger charge is -2.31. The van der Waals surface area contributed by atoms with E-state index in [0.29, 0.717) is 31.0 Å². The molecule has 1 aliphatic heterocycles. The van der Waals surface area contributed by atoms with Gasteiger partial charge in [0.25, 0.3) is 0 Å². The zero-order chi connectivity index (χ0) is 18.4. The number of piperidine rings is 1. The van der Waals surface area contributed by atoms with E-state index in [9.17, 15) is 13.2 Å². The molecule has 1 fully saturated rings. The van der Waals surface area contributed by atoms with Crippen LogP contribution in [0.25, 0.3) is 0 Å². The van der Waals surface area contributed by atoms with Crippen molar-refractivity contribution in [3.63, 3.8) is 0 Å². The van der Waals surface area contributed by atoms with Crippen LogP contribution in [0.5, 0.6) is 5.75 Å². The van der Waals surface area contributed by atoms with Crippen LogP contribution in [0.2, 0.25) is 5.02 Å². The molecule has 0 saturated carbocycles. The van der Waals surface area contributed by atoms with Gasteiger partial charge in [-0.1, -0.05) is 24.9 Å². The summed E-state index contributed by atoms with van der Waals surface area (Å²) in [5.41, 5.74) is 0. The average Bonchev–Trinajstić information content (AvgIpc) is 2.62. The molecular formula is C17H25ClN2O4S. The van der Waals surface area contributed by atoms with Crippen molar-refractivity contribution in [3.8, 4) is 5.75 Å². The Morgan fingerprint density at radius 3 is 2.88 bits per heavy atom. The minimum atomic E-state index is -3.78. The second-order valence-electron chi connectivity index (χ2n) is 6.14. The highest BCUT2D eigenvalue weighted by molar-refractivity contribution is 7.89. The third-order valence-electron chi connectivity index (χ3n) is 4.33. The summed E-state index contributed by atoms with van der Waals surface area (Å²) >= 11 is 5.97. The molecule has 1 saturated heterocycles. The van der Waals surface area contributed by atoms with Gasteiger partial charge in [0.15, 0.2) is 0 Å². The summed E-state index contributed by atoms with van der Waals surface area (Å²) in [5, 5.41) is 3.21. The fourth-order valence-electron chi connectivity index (χ4n) is 2.90. The molecule has 2 rings (SSSR count). The maximum Gasteiger partial charge on any atom is 0.246 e. The average molecular weight is 389 g/mol. The maximum absolute atomic E-state index is 13.0. The van der Waals surface area contributed by atoms with Gasteiger partial charge >= 0.3 is 0 Å². The van der Waals surface area contributed by atoms with Crippen molar-refractivity contribution in [2.75, 3.05) is 26.7 Å². The fourth-order valence-corrected chi connectivity index (χ4v) is 4.84. The lowest BCUT2D eigenvalue weighted by Crippen LogP contribution is -2.45. The highest BCUT2D eigenvalue weighted by Crippen LogP contribution is 2.31. The number of unbranched alkanes of at least 4 members (excludes halogenated alkanes) is 1. The standard InChI is InChI=1S/C17H25ClN2O4S/c1-3-4-9-19-17(21)13-6-5-10-20(12-13)25(22,23)16-11-14(18)7-8-15(16)24-2/h7-8,11,13H,3-6,9-10,12H2,1-2H3,(H,19,21)/t13-/m0/s1. The number of hydrogen-bond donors (Lipinski definition) is 1. The van der Waals surface area contributed by atoms with Gasteiger partial charge < -0.3 is 10.1 Å². The van der Waals surface area contributed by atoms with Crippen molar-refractivity contribution in [3.05, 3.63) is 23.2 Å². The van der Waals surface area contributed by atoms with Crippen LogP contribution in [-0.2, 0) is 14.8 Å². The number of nitrogens with one attached hydrogen (secondary N) is 1. The van der Waals surface area contributed by atoms with Crippen LogP contribution in [0.3, 0.4) is 0 Å². The van der Waals surface area contributed by atoms with Crippen LogP contribution in [-0.4, -0.2) is 45.4 Å². The summed E-state index contributed by atoms with van der Waals surface area (Å²) in [6.07, 6.45) is 3.25. The van der Waals surface area contributed by atoms with E-state index in [1.165, 1.54) is 23.5 Å². The van der Waals surface area contributed by atoms with Gasteiger partial charge in [0.1, 0.15) is 10.6 Å². The van der Waals surface area contributed by atoms with Crippen molar-refractivity contribution < 1.29 is 17.9 Å². The van der Waals surface area contributed by atoms with E-state index in [1.54, 1.807) is 6.07 Å². The molecule has 0 radical (unpaired) electrons. The highest BCUT2D eigenvalue weighted by Gasteiger charge is 2.34. The van der Waals surface area contributed by atoms with E-state index in [0.717, 1.165) is 12.8 Å². The first-order valence-corrected chi connectivity index (χ1v) is 10.3. The molecule has 1 heterocycles. The molecule has 0 aliphatic carbocycles. The number of nitrogens with zero attached hydrogens (tertiary/aromatic N) is 1. The van der Waals surface area contributed by atoms with E-state index in [2.05, 4.69) is 12.2 Å². The van der Waals surface area contributed by atoms with Crippen LogP contribution in [0.1, 0.15) is 32.6 Å². The molecule has 0 unspecified atom stereocenters. The molecule has 0 spiro atoms. The largest absolute Gasteiger partial charge is 0.495 e. The van der Waals surface area contributed by atoms with E-state index in [1.807, 2.05) is 0 Å². The number of methoxy groups -OCH3 is 1. The second kappa shape index (κ2) is 8.87. The maximum atomic E-state index is 13.0. The number of carbonyl (C=O) groups excluding carboxylic acids is 1. The minimum Gasteiger partial charge on any atom is -0.495 e. The normalized spacial score (nSPS) is 18.8. The quantitative estimate of drug-likeness (QED) is 0.728. The molecule has 1 aromatic carbocycles. The molecule has 0 aromatic heterocycles. The number of sulfonamides is 1. The zero-order valence-corrected chi connectivity index (χ0v) is 16.2. The van der Waals surface area contributed by atoms with Crippen LogP contribution in [0.15, 0.2) is 23.1 Å². The van der Waals surface area contributed by atoms with Crippen LogP contribution in [0, 0.1) is 5.92 Å². The molecule has 25 heavy (non-hydrogen) atoms. The van der Waals surface area contributed by atoms with Gasteiger partial charge in [-0.25, -0.2) is 8.42 Å². The van der Waals surface area contributed by atoms with Gasteiger partial charge in [-0.3, -0.25) is 4.79 Å². The third kappa shape index (κ3) is 4.86. The van der Waals surface area contributed by atoms with E-state index >= 15 is 0 Å². The Balaban J connectivity index is 2.17. The SMILES string of the molecule is CCCCNC(=O)[C@H]1CCCN(S(=O)(=O)c2cc(Cl)ccc2OC)C1. The molecule has 140 valence electrons. The number of rotatable bonds is 7. The first-order chi connectivity index (χ1) is 11.9. The molecular weight excluding hydrogens is 364 g/mol. The van der Waals surface area contributed by atoms with Gasteiger partial charge in [0.2, 0.25) is 15.9 Å². The first-order valence-electron chi connectivity index (χ1n) is 8.51. The van der Waals surface area contributed by atoms with E-state index in [4.69, 9.17) is 16.3 Å². The number of carbonyl (C=O) groups is 1. The second-order valence-corrected chi connectivity index (χ2v) is 8.48. The lowest BCUT2D eigenvalue weighted by molar-refractivity contribution is -0.126. The summed E-state index contributed by atoms with van der Waals surface area (Å²) in [5.74, 6) is -0.157. The lowest BCUT2D eigenvalue weighted by atomic mass is 9.99. The number of halogens is 1. The molecule has 6 nitrogen and oxygen atoms in total. The summed E-state index contributed by atoms with van der Waals surface area (Å²) in [4.78, 5) is 12.3. The Bertz CT molecular complexity index is 709. The van der Waals surface area contributed by atoms with Crippen LogP contribution in [0.4, 0.5) is 0 Å². The topological polar surface area (TPSA) is 75.7 Å². The van der Waals surface area contributed by atoms with Crippen molar-refractivity contribution >= 4 is 27.5 Å². The Hall–Kier alpha value is -1.31. The summed E-state index contributed by atoms with van der Waals surface area (Å²) in [6, 6.07) is 4.51. The molecule has 1 aromatic rings. The Kier molecular flexibility index (Phi) is 7.10. The molecule has 8 heteroatoms. The minimum absolute atomic E-state index is 0.0366. The number of ether oxygens (including phenoxy) is 1. The highest BCUT2D eigenvalue weighted by atomic mass is 35.5. The Labute approximate surface area is 154 Å². The summed E-state index contributed by atoms with van der Waals surface area (Å²) in [7, 11) is -2.36. The van der Waals surface area contributed by atoms with Crippen LogP contribution >= 0.6 is 11.6 Å². The summed E-state index contributed by atoms with van der Waals surface area (Å²) in [6.45, 7) is 3.24. The van der Waals surface area contributed by atoms with Crippen molar-refractivity contribution in [1.29, 1.82) is 0 Å². The number of hydrogen-bond acceptors (Lipinski definition) is 4. The summed E-state index contributed by atoms with van der Waals surface area (Å²) < 4.78 is 32.5. The van der Waals surface area contributed by atoms with Crippen molar-refractivity contribution in [2.45, 2.75) is 37.5 Å². The predicted octanol–water partition coefficient (Wildman–Crippen LogP) is 2.67. The molecule has 1 atom stereocenters. The van der Waals surface area contributed by atoms with Gasteiger partial charge in [0, 0.05) is 24.7 Å². The predicted molar refractivity (Wildman–Crippen MR) is 97.4 cm³/mol. The zero-order valence-electron chi connectivity index (χ0n) is 14.6. The molecule has 1 aliphatic rings. The smallest absolute Gasteiger partial charge is 0.246 e. The number of benzene rings is 1. The molecule has 0 bridgehead atoms. The monoisotopic (exact) mass is 388 g/mol. The fraction of sp³-hybridized carbons (Fsp3) is 0.588. The van der Waals surface area contributed by atoms with Crippen molar-refractivity contribution in [1.82, 2.24) is 9.62 Å². The molecule has 1 amide bonds. The first kappa shape index (κ1) is 20.0. The molecule has 1 N–H and O–H groups in total. The van der Waals surface area contributed by atoms with Gasteiger partial charge in [-0.15, -0.1) is 0 Å². The number of amides is 1.